The summed E-state index contributed by atoms with van der Waals surface area (Å²) in [4.78, 5) is 96.8. The highest BCUT2D eigenvalue weighted by atomic mass is 32.2. The maximum Gasteiger partial charge on any atom is 0.245 e. The van der Waals surface area contributed by atoms with Crippen LogP contribution in [0.2, 0.25) is 0 Å². The van der Waals surface area contributed by atoms with E-state index in [2.05, 4.69) is 42.2 Å². The molecule has 0 saturated carbocycles. The Kier molecular flexibility index (Phi) is 24.9. The van der Waals surface area contributed by atoms with Crippen molar-refractivity contribution in [3.05, 3.63) is 0 Å². The number of primary amides is 1. The van der Waals surface area contributed by atoms with Crippen molar-refractivity contribution in [3.8, 4) is 0 Å². The third-order valence-corrected chi connectivity index (χ3v) is 10.3. The lowest BCUT2D eigenvalue weighted by molar-refractivity contribution is -0.136. The number of carbonyl (C=O) groups is 7. The summed E-state index contributed by atoms with van der Waals surface area (Å²) >= 11 is 2.90. The first-order valence-corrected chi connectivity index (χ1v) is 22.2. The van der Waals surface area contributed by atoms with Crippen LogP contribution >= 0.6 is 23.5 Å². The standard InChI is InChI=1S/C36H67N11O8S2/c1-20(2)17-26(29(37)49)45-31(51)23(10-8-14-41-36(38)39)42-34(54)27(18-21(3)4)46-32(52)24(11-15-56-5)44-35(55)28(19-48)47-33(53)25(12-16-57-6)43-30(50)22-9-7-13-40-22/h20-28,40,48H,7-19H2,1-6H3,(H2,37,49)(H,42,54)(H,43,50)(H,44,55)(H,45,51)(H,46,52)(H,47,53)(H4,38,39,41). The average Bonchev–Trinajstić information content (AvgIpc) is 3.69. The van der Waals surface area contributed by atoms with E-state index in [0.717, 1.165) is 6.42 Å². The number of nitrogens with zero attached hydrogens (tertiary/aromatic N) is 1. The zero-order chi connectivity index (χ0) is 43.1. The number of thioether (sulfide) groups is 2. The summed E-state index contributed by atoms with van der Waals surface area (Å²) in [6.07, 6.45) is 6.38. The van der Waals surface area contributed by atoms with E-state index in [4.69, 9.17) is 17.2 Å². The molecule has 19 nitrogen and oxygen atoms in total. The number of amides is 7. The molecule has 7 amide bonds. The van der Waals surface area contributed by atoms with Gasteiger partial charge in [-0.05, 0) is 93.8 Å². The summed E-state index contributed by atoms with van der Waals surface area (Å²) in [5, 5.41) is 29.2. The number of rotatable bonds is 28. The van der Waals surface area contributed by atoms with Gasteiger partial charge in [0.1, 0.15) is 36.3 Å². The number of aliphatic hydroxyl groups excluding tert-OH is 1. The monoisotopic (exact) mass is 845 g/mol. The molecule has 7 atom stereocenters. The third-order valence-electron chi connectivity index (χ3n) is 8.97. The number of aliphatic imine (C=N–C) groups is 1. The average molecular weight is 846 g/mol. The minimum atomic E-state index is -1.45. The van der Waals surface area contributed by atoms with Gasteiger partial charge in [-0.2, -0.15) is 23.5 Å². The highest BCUT2D eigenvalue weighted by Gasteiger charge is 2.34. The van der Waals surface area contributed by atoms with E-state index in [0.29, 0.717) is 24.5 Å². The fourth-order valence-electron chi connectivity index (χ4n) is 5.94. The summed E-state index contributed by atoms with van der Waals surface area (Å²) in [5.74, 6) is -3.82. The van der Waals surface area contributed by atoms with Gasteiger partial charge < -0.3 is 59.5 Å². The molecule has 326 valence electrons. The molecule has 0 aromatic rings. The summed E-state index contributed by atoms with van der Waals surface area (Å²) in [6, 6.07) is -7.29. The van der Waals surface area contributed by atoms with Crippen LogP contribution < -0.4 is 54.4 Å². The van der Waals surface area contributed by atoms with E-state index < -0.39 is 84.3 Å². The van der Waals surface area contributed by atoms with Gasteiger partial charge in [-0.1, -0.05) is 27.7 Å². The van der Waals surface area contributed by atoms with E-state index in [1.165, 1.54) is 23.5 Å². The molecule has 0 bridgehead atoms. The van der Waals surface area contributed by atoms with Gasteiger partial charge in [0.15, 0.2) is 5.96 Å². The van der Waals surface area contributed by atoms with Crippen LogP contribution in [0.25, 0.3) is 0 Å². The first kappa shape index (κ1) is 51.2. The Morgan fingerprint density at radius 3 is 1.56 bits per heavy atom. The second-order valence-corrected chi connectivity index (χ2v) is 16.8. The molecule has 7 unspecified atom stereocenters. The highest BCUT2D eigenvalue weighted by Crippen LogP contribution is 2.12. The number of hydrogen-bond acceptors (Lipinski definition) is 12. The minimum absolute atomic E-state index is 0.0282. The van der Waals surface area contributed by atoms with Crippen molar-refractivity contribution in [1.82, 2.24) is 37.2 Å². The Morgan fingerprint density at radius 1 is 0.667 bits per heavy atom. The second kappa shape index (κ2) is 27.8. The number of nitrogens with two attached hydrogens (primary N) is 3. The minimum Gasteiger partial charge on any atom is -0.394 e. The highest BCUT2D eigenvalue weighted by molar-refractivity contribution is 7.98. The van der Waals surface area contributed by atoms with Crippen LogP contribution in [-0.4, -0.2) is 138 Å². The molecule has 1 aliphatic heterocycles. The summed E-state index contributed by atoms with van der Waals surface area (Å²) in [7, 11) is 0. The zero-order valence-electron chi connectivity index (χ0n) is 34.2. The molecule has 0 aliphatic carbocycles. The van der Waals surface area contributed by atoms with Gasteiger partial charge in [0.05, 0.1) is 12.6 Å². The van der Waals surface area contributed by atoms with Crippen molar-refractivity contribution >= 4 is 70.8 Å². The number of guanidine groups is 1. The quantitative estimate of drug-likeness (QED) is 0.0226. The van der Waals surface area contributed by atoms with E-state index in [9.17, 15) is 38.7 Å². The molecule has 0 aromatic carbocycles. The van der Waals surface area contributed by atoms with E-state index in [1.54, 1.807) is 0 Å². The van der Waals surface area contributed by atoms with E-state index in [1.807, 2.05) is 40.2 Å². The van der Waals surface area contributed by atoms with Gasteiger partial charge in [-0.3, -0.25) is 38.6 Å². The smallest absolute Gasteiger partial charge is 0.245 e. The summed E-state index contributed by atoms with van der Waals surface area (Å²) in [6.45, 7) is 7.48. The van der Waals surface area contributed by atoms with Crippen LogP contribution in [0.5, 0.6) is 0 Å². The Labute approximate surface area is 344 Å². The third kappa shape index (κ3) is 20.4. The Morgan fingerprint density at radius 2 is 1.11 bits per heavy atom. The molecular formula is C36H67N11O8S2. The SMILES string of the molecule is CSCCC(NC(=O)C1CCCN1)C(=O)NC(CO)C(=O)NC(CCSC)C(=O)NC(CC(C)C)C(=O)NC(CCCN=C(N)N)C(=O)NC(CC(C)C)C(N)=O. The molecule has 1 saturated heterocycles. The van der Waals surface area contributed by atoms with Crippen LogP contribution in [0.1, 0.15) is 79.1 Å². The zero-order valence-corrected chi connectivity index (χ0v) is 35.8. The van der Waals surface area contributed by atoms with Gasteiger partial charge in [-0.25, -0.2) is 0 Å². The predicted octanol–water partition coefficient (Wildman–Crippen LogP) is -2.22. The molecule has 0 radical (unpaired) electrons. The first-order valence-electron chi connectivity index (χ1n) is 19.4. The van der Waals surface area contributed by atoms with Crippen molar-refractivity contribution in [1.29, 1.82) is 0 Å². The number of aliphatic hydroxyl groups is 1. The molecule has 21 heteroatoms. The molecule has 14 N–H and O–H groups in total. The summed E-state index contributed by atoms with van der Waals surface area (Å²) in [5.41, 5.74) is 16.4. The second-order valence-electron chi connectivity index (χ2n) is 14.9. The van der Waals surface area contributed by atoms with Crippen LogP contribution in [0.3, 0.4) is 0 Å². The van der Waals surface area contributed by atoms with Crippen molar-refractivity contribution in [2.45, 2.75) is 121 Å². The fraction of sp³-hybridized carbons (Fsp3) is 0.778. The topological polar surface area (TPSA) is 314 Å². The molecular weight excluding hydrogens is 779 g/mol. The fourth-order valence-corrected chi connectivity index (χ4v) is 6.88. The van der Waals surface area contributed by atoms with Crippen molar-refractivity contribution in [3.63, 3.8) is 0 Å². The van der Waals surface area contributed by atoms with Gasteiger partial charge >= 0.3 is 0 Å². The Hall–Kier alpha value is -3.82. The lowest BCUT2D eigenvalue weighted by atomic mass is 10.0. The lowest BCUT2D eigenvalue weighted by Crippen LogP contribution is -2.60. The van der Waals surface area contributed by atoms with Crippen LogP contribution in [0, 0.1) is 11.8 Å². The maximum atomic E-state index is 13.8. The molecule has 57 heavy (non-hydrogen) atoms. The Bertz CT molecular complexity index is 1350. The van der Waals surface area contributed by atoms with Crippen LogP contribution in [0.4, 0.5) is 0 Å². The van der Waals surface area contributed by atoms with Crippen molar-refractivity contribution < 1.29 is 38.7 Å². The molecule has 1 heterocycles. The van der Waals surface area contributed by atoms with Crippen molar-refractivity contribution in [2.24, 2.45) is 34.0 Å². The molecule has 0 spiro atoms. The van der Waals surface area contributed by atoms with Gasteiger partial charge in [0.2, 0.25) is 41.4 Å². The molecule has 0 aromatic heterocycles. The molecule has 1 aliphatic rings. The summed E-state index contributed by atoms with van der Waals surface area (Å²) < 4.78 is 0. The number of hydrogen-bond donors (Lipinski definition) is 11. The largest absolute Gasteiger partial charge is 0.394 e. The first-order chi connectivity index (χ1) is 26.9. The Balaban J connectivity index is 3.21. The van der Waals surface area contributed by atoms with Gasteiger partial charge in [0, 0.05) is 6.54 Å². The number of carbonyl (C=O) groups excluding carboxylic acids is 7. The van der Waals surface area contributed by atoms with Crippen LogP contribution in [-0.2, 0) is 33.6 Å². The van der Waals surface area contributed by atoms with Crippen molar-refractivity contribution in [2.75, 3.05) is 43.7 Å². The van der Waals surface area contributed by atoms with E-state index in [-0.39, 0.29) is 68.8 Å². The van der Waals surface area contributed by atoms with Crippen LogP contribution in [0.15, 0.2) is 4.99 Å². The predicted molar refractivity (Wildman–Crippen MR) is 224 cm³/mol. The maximum absolute atomic E-state index is 13.8. The van der Waals surface area contributed by atoms with Gasteiger partial charge in [-0.15, -0.1) is 0 Å². The van der Waals surface area contributed by atoms with Gasteiger partial charge in [0.25, 0.3) is 0 Å². The molecule has 1 fully saturated rings. The normalized spacial score (nSPS) is 17.0. The lowest BCUT2D eigenvalue weighted by Gasteiger charge is -2.28. The molecule has 1 rings (SSSR count). The van der Waals surface area contributed by atoms with E-state index >= 15 is 0 Å². The number of nitrogens with one attached hydrogen (secondary N) is 7.